The van der Waals surface area contributed by atoms with Crippen molar-refractivity contribution in [2.45, 2.75) is 26.8 Å². The van der Waals surface area contributed by atoms with Crippen LogP contribution in [-0.4, -0.2) is 21.2 Å². The van der Waals surface area contributed by atoms with E-state index in [2.05, 4.69) is 10.3 Å². The molecular formula is C20H19N3O3. The number of rotatable bonds is 5. The molecule has 0 aliphatic rings. The quantitative estimate of drug-likeness (QED) is 0.718. The van der Waals surface area contributed by atoms with Crippen molar-refractivity contribution < 1.29 is 9.59 Å². The summed E-state index contributed by atoms with van der Waals surface area (Å²) in [4.78, 5) is 40.2. The third-order valence-corrected chi connectivity index (χ3v) is 4.21. The molecule has 0 bridgehead atoms. The fraction of sp³-hybridized carbons (Fsp3) is 0.200. The number of amides is 1. The molecule has 0 spiro atoms. The predicted molar refractivity (Wildman–Crippen MR) is 100 cm³/mol. The molecule has 0 aliphatic carbocycles. The van der Waals surface area contributed by atoms with Crippen LogP contribution in [0.2, 0.25) is 0 Å². The van der Waals surface area contributed by atoms with Gasteiger partial charge in [-0.05, 0) is 49.7 Å². The first-order valence-electron chi connectivity index (χ1n) is 8.31. The smallest absolute Gasteiger partial charge is 0.261 e. The maximum Gasteiger partial charge on any atom is 0.261 e. The molecule has 1 N–H and O–H groups in total. The van der Waals surface area contributed by atoms with E-state index < -0.39 is 0 Å². The summed E-state index contributed by atoms with van der Waals surface area (Å²) < 4.78 is 1.44. The van der Waals surface area contributed by atoms with Crippen LogP contribution in [0.4, 0.5) is 5.69 Å². The Morgan fingerprint density at radius 1 is 1.12 bits per heavy atom. The van der Waals surface area contributed by atoms with Gasteiger partial charge in [-0.15, -0.1) is 0 Å². The summed E-state index contributed by atoms with van der Waals surface area (Å²) in [6, 6.07) is 12.2. The molecule has 26 heavy (non-hydrogen) atoms. The molecule has 1 amide bonds. The second-order valence-corrected chi connectivity index (χ2v) is 6.15. The van der Waals surface area contributed by atoms with E-state index in [4.69, 9.17) is 0 Å². The molecule has 0 saturated carbocycles. The van der Waals surface area contributed by atoms with Gasteiger partial charge in [0.05, 0.1) is 17.2 Å². The molecule has 0 atom stereocenters. The van der Waals surface area contributed by atoms with Crippen LogP contribution in [0.15, 0.2) is 53.6 Å². The summed E-state index contributed by atoms with van der Waals surface area (Å²) in [7, 11) is 0. The Labute approximate surface area is 150 Å². The van der Waals surface area contributed by atoms with Crippen molar-refractivity contribution in [2.24, 2.45) is 0 Å². The Hall–Kier alpha value is -3.28. The van der Waals surface area contributed by atoms with Gasteiger partial charge in [0.2, 0.25) is 5.91 Å². The maximum absolute atomic E-state index is 12.5. The minimum absolute atomic E-state index is 0.0266. The van der Waals surface area contributed by atoms with Gasteiger partial charge in [0.25, 0.3) is 5.56 Å². The van der Waals surface area contributed by atoms with Crippen LogP contribution in [-0.2, 0) is 11.3 Å². The van der Waals surface area contributed by atoms with E-state index in [-0.39, 0.29) is 30.2 Å². The first-order chi connectivity index (χ1) is 12.5. The van der Waals surface area contributed by atoms with Crippen molar-refractivity contribution in [3.8, 4) is 0 Å². The number of fused-ring (bicyclic) bond motifs is 1. The number of anilines is 1. The Morgan fingerprint density at radius 2 is 1.85 bits per heavy atom. The van der Waals surface area contributed by atoms with E-state index in [9.17, 15) is 14.4 Å². The fourth-order valence-corrected chi connectivity index (χ4v) is 2.73. The van der Waals surface area contributed by atoms with Gasteiger partial charge in [-0.1, -0.05) is 12.1 Å². The lowest BCUT2D eigenvalue weighted by molar-refractivity contribution is -0.116. The predicted octanol–water partition coefficient (Wildman–Crippen LogP) is 2.94. The van der Waals surface area contributed by atoms with E-state index in [1.54, 1.807) is 30.3 Å². The van der Waals surface area contributed by atoms with Crippen LogP contribution in [0.25, 0.3) is 10.9 Å². The van der Waals surface area contributed by atoms with E-state index >= 15 is 0 Å². The average molecular weight is 349 g/mol. The number of nitrogens with one attached hydrogen (secondary N) is 1. The number of ketones is 1. The van der Waals surface area contributed by atoms with Crippen LogP contribution in [0.5, 0.6) is 0 Å². The highest BCUT2D eigenvalue weighted by atomic mass is 16.2. The average Bonchev–Trinajstić information content (AvgIpc) is 2.62. The zero-order valence-corrected chi connectivity index (χ0v) is 14.7. The third-order valence-electron chi connectivity index (χ3n) is 4.21. The van der Waals surface area contributed by atoms with Gasteiger partial charge in [-0.2, -0.15) is 0 Å². The largest absolute Gasteiger partial charge is 0.326 e. The molecule has 0 unspecified atom stereocenters. The Kier molecular flexibility index (Phi) is 4.93. The fourth-order valence-electron chi connectivity index (χ4n) is 2.73. The van der Waals surface area contributed by atoms with Crippen LogP contribution in [0, 0.1) is 6.92 Å². The maximum atomic E-state index is 12.5. The van der Waals surface area contributed by atoms with E-state index in [1.807, 2.05) is 19.1 Å². The molecule has 6 nitrogen and oxygen atoms in total. The lowest BCUT2D eigenvalue weighted by Gasteiger charge is -2.09. The van der Waals surface area contributed by atoms with Gasteiger partial charge in [0.1, 0.15) is 0 Å². The molecule has 3 rings (SSSR count). The molecule has 0 radical (unpaired) electrons. The molecule has 2 aromatic carbocycles. The topological polar surface area (TPSA) is 81.1 Å². The second-order valence-electron chi connectivity index (χ2n) is 6.15. The SMILES string of the molecule is CC(=O)c1ccc(NC(=O)CCn2cnc3c(C)cccc3c2=O)cc1. The number of hydrogen-bond donors (Lipinski definition) is 1. The lowest BCUT2D eigenvalue weighted by Crippen LogP contribution is -2.23. The van der Waals surface area contributed by atoms with Crippen LogP contribution in [0.1, 0.15) is 29.3 Å². The number of carbonyl (C=O) groups excluding carboxylic acids is 2. The van der Waals surface area contributed by atoms with Crippen LogP contribution < -0.4 is 10.9 Å². The van der Waals surface area contributed by atoms with Gasteiger partial charge in [-0.3, -0.25) is 19.0 Å². The van der Waals surface area contributed by atoms with Gasteiger partial charge in [0, 0.05) is 24.2 Å². The van der Waals surface area contributed by atoms with E-state index in [0.29, 0.717) is 22.2 Å². The number of aryl methyl sites for hydroxylation is 2. The van der Waals surface area contributed by atoms with Crippen molar-refractivity contribution in [3.05, 3.63) is 70.3 Å². The number of hydrogen-bond acceptors (Lipinski definition) is 4. The summed E-state index contributed by atoms with van der Waals surface area (Å²) >= 11 is 0. The molecule has 6 heteroatoms. The molecule has 1 heterocycles. The zero-order valence-electron chi connectivity index (χ0n) is 14.7. The van der Waals surface area contributed by atoms with Crippen molar-refractivity contribution in [1.29, 1.82) is 0 Å². The van der Waals surface area contributed by atoms with Gasteiger partial charge < -0.3 is 5.32 Å². The molecule has 3 aromatic rings. The first kappa shape index (κ1) is 17.5. The van der Waals surface area contributed by atoms with Crippen molar-refractivity contribution in [1.82, 2.24) is 9.55 Å². The number of aromatic nitrogens is 2. The summed E-state index contributed by atoms with van der Waals surface area (Å²) in [5.74, 6) is -0.238. The number of Topliss-reactive ketones (excluding diaryl/α,β-unsaturated/α-hetero) is 1. The first-order valence-corrected chi connectivity index (χ1v) is 8.31. The Morgan fingerprint density at radius 3 is 2.54 bits per heavy atom. The number of para-hydroxylation sites is 1. The Bertz CT molecular complexity index is 1040. The number of nitrogens with zero attached hydrogens (tertiary/aromatic N) is 2. The van der Waals surface area contributed by atoms with E-state index in [1.165, 1.54) is 17.8 Å². The molecule has 132 valence electrons. The monoisotopic (exact) mass is 349 g/mol. The number of carbonyl (C=O) groups is 2. The van der Waals surface area contributed by atoms with Gasteiger partial charge >= 0.3 is 0 Å². The summed E-state index contributed by atoms with van der Waals surface area (Å²) in [6.07, 6.45) is 1.62. The molecular weight excluding hydrogens is 330 g/mol. The minimum atomic E-state index is -0.211. The second kappa shape index (κ2) is 7.31. The lowest BCUT2D eigenvalue weighted by atomic mass is 10.1. The van der Waals surface area contributed by atoms with Crippen molar-refractivity contribution >= 4 is 28.3 Å². The zero-order chi connectivity index (χ0) is 18.7. The minimum Gasteiger partial charge on any atom is -0.326 e. The highest BCUT2D eigenvalue weighted by Gasteiger charge is 2.08. The van der Waals surface area contributed by atoms with E-state index in [0.717, 1.165) is 5.56 Å². The molecule has 0 fully saturated rings. The Balaban J connectivity index is 1.68. The third kappa shape index (κ3) is 3.69. The van der Waals surface area contributed by atoms with Gasteiger partial charge in [0.15, 0.2) is 5.78 Å². The highest BCUT2D eigenvalue weighted by Crippen LogP contribution is 2.12. The molecule has 1 aromatic heterocycles. The van der Waals surface area contributed by atoms with Gasteiger partial charge in [-0.25, -0.2) is 4.98 Å². The molecule has 0 aliphatic heterocycles. The van der Waals surface area contributed by atoms with Crippen molar-refractivity contribution in [3.63, 3.8) is 0 Å². The van der Waals surface area contributed by atoms with Crippen molar-refractivity contribution in [2.75, 3.05) is 5.32 Å². The van der Waals surface area contributed by atoms with Crippen LogP contribution >= 0.6 is 0 Å². The number of benzene rings is 2. The molecule has 0 saturated heterocycles. The normalized spacial score (nSPS) is 10.7. The summed E-state index contributed by atoms with van der Waals surface area (Å²) in [5.41, 5.74) is 2.67. The standard InChI is InChI=1S/C20H19N3O3/c1-13-4-3-5-17-19(13)21-12-23(20(17)26)11-10-18(25)22-16-8-6-15(7-9-16)14(2)24/h3-9,12H,10-11H2,1-2H3,(H,22,25). The summed E-state index contributed by atoms with van der Waals surface area (Å²) in [6.45, 7) is 3.64. The summed E-state index contributed by atoms with van der Waals surface area (Å²) in [5, 5.41) is 3.31. The van der Waals surface area contributed by atoms with Crippen LogP contribution in [0.3, 0.4) is 0 Å². The highest BCUT2D eigenvalue weighted by molar-refractivity contribution is 5.95.